The van der Waals surface area contributed by atoms with E-state index in [9.17, 15) is 0 Å². The highest BCUT2D eigenvalue weighted by atomic mass is 16.3. The molecule has 1 nitrogen and oxygen atoms in total. The van der Waals surface area contributed by atoms with E-state index in [2.05, 4.69) is 20.8 Å². The van der Waals surface area contributed by atoms with Crippen LogP contribution >= 0.6 is 0 Å². The molecule has 0 atom stereocenters. The van der Waals surface area contributed by atoms with Crippen molar-refractivity contribution in [2.24, 2.45) is 0 Å². The SMILES string of the molecule is CCC.CCCc1ccc(O)cc1. The van der Waals surface area contributed by atoms with Crippen LogP contribution in [-0.4, -0.2) is 5.11 Å². The molecule has 0 spiro atoms. The molecule has 0 unspecified atom stereocenters. The van der Waals surface area contributed by atoms with Gasteiger partial charge in [-0.3, -0.25) is 0 Å². The maximum Gasteiger partial charge on any atom is 0.115 e. The van der Waals surface area contributed by atoms with Crippen LogP contribution in [0.5, 0.6) is 5.75 Å². The van der Waals surface area contributed by atoms with Crippen LogP contribution < -0.4 is 0 Å². The van der Waals surface area contributed by atoms with E-state index in [0.717, 1.165) is 12.8 Å². The Bertz CT molecular complexity index is 201. The standard InChI is InChI=1S/C9H12O.C3H8/c1-2-3-8-4-6-9(10)7-5-8;1-3-2/h4-7,10H,2-3H2,1H3;3H2,1-2H3. The van der Waals surface area contributed by atoms with Crippen LogP contribution in [0.2, 0.25) is 0 Å². The minimum atomic E-state index is 0.347. The first-order valence-corrected chi connectivity index (χ1v) is 5.02. The topological polar surface area (TPSA) is 20.2 Å². The van der Waals surface area contributed by atoms with Crippen LogP contribution in [0.15, 0.2) is 24.3 Å². The van der Waals surface area contributed by atoms with Crippen molar-refractivity contribution in [2.45, 2.75) is 40.0 Å². The molecule has 1 aromatic carbocycles. The Hall–Kier alpha value is -0.980. The van der Waals surface area contributed by atoms with E-state index in [-0.39, 0.29) is 0 Å². The number of phenolic OH excluding ortho intramolecular Hbond substituents is 1. The first-order chi connectivity index (χ1) is 6.24. The van der Waals surface area contributed by atoms with Gasteiger partial charge in [-0.05, 0) is 24.1 Å². The fourth-order valence-electron chi connectivity index (χ4n) is 0.951. The Morgan fingerprint density at radius 2 is 1.46 bits per heavy atom. The smallest absolute Gasteiger partial charge is 0.115 e. The molecule has 0 aliphatic carbocycles. The fourth-order valence-corrected chi connectivity index (χ4v) is 0.951. The zero-order valence-electron chi connectivity index (χ0n) is 8.88. The van der Waals surface area contributed by atoms with Crippen molar-refractivity contribution in [1.29, 1.82) is 0 Å². The molecule has 0 aliphatic heterocycles. The summed E-state index contributed by atoms with van der Waals surface area (Å²) in [6.45, 7) is 6.40. The molecule has 13 heavy (non-hydrogen) atoms. The average Bonchev–Trinajstić information content (AvgIpc) is 2.11. The molecule has 0 saturated carbocycles. The average molecular weight is 180 g/mol. The molecule has 1 aromatic rings. The summed E-state index contributed by atoms with van der Waals surface area (Å²) in [7, 11) is 0. The van der Waals surface area contributed by atoms with E-state index in [4.69, 9.17) is 5.11 Å². The Morgan fingerprint density at radius 3 is 1.85 bits per heavy atom. The molecular weight excluding hydrogens is 160 g/mol. The van der Waals surface area contributed by atoms with Crippen molar-refractivity contribution in [3.8, 4) is 5.75 Å². The molecule has 0 aliphatic rings. The van der Waals surface area contributed by atoms with Gasteiger partial charge < -0.3 is 5.11 Å². The van der Waals surface area contributed by atoms with Crippen molar-refractivity contribution in [2.75, 3.05) is 0 Å². The van der Waals surface area contributed by atoms with Gasteiger partial charge in [0.2, 0.25) is 0 Å². The molecule has 1 rings (SSSR count). The third-order valence-electron chi connectivity index (χ3n) is 1.48. The van der Waals surface area contributed by atoms with Crippen molar-refractivity contribution < 1.29 is 5.11 Å². The predicted octanol–water partition coefficient (Wildman–Crippen LogP) is 3.76. The summed E-state index contributed by atoms with van der Waals surface area (Å²) in [6, 6.07) is 7.37. The van der Waals surface area contributed by atoms with E-state index >= 15 is 0 Å². The maximum atomic E-state index is 8.92. The van der Waals surface area contributed by atoms with Gasteiger partial charge in [-0.2, -0.15) is 0 Å². The van der Waals surface area contributed by atoms with Gasteiger partial charge in [0, 0.05) is 0 Å². The summed E-state index contributed by atoms with van der Waals surface area (Å²) in [4.78, 5) is 0. The number of hydrogen-bond acceptors (Lipinski definition) is 1. The highest BCUT2D eigenvalue weighted by Crippen LogP contribution is 2.10. The molecule has 0 aromatic heterocycles. The van der Waals surface area contributed by atoms with Crippen molar-refractivity contribution in [1.82, 2.24) is 0 Å². The zero-order chi connectivity index (χ0) is 10.1. The normalized spacial score (nSPS) is 8.85. The minimum Gasteiger partial charge on any atom is -0.508 e. The molecule has 1 heteroatoms. The monoisotopic (exact) mass is 180 g/mol. The third-order valence-corrected chi connectivity index (χ3v) is 1.48. The summed E-state index contributed by atoms with van der Waals surface area (Å²) >= 11 is 0. The molecule has 0 radical (unpaired) electrons. The lowest BCUT2D eigenvalue weighted by Crippen LogP contribution is -1.79. The van der Waals surface area contributed by atoms with Crippen molar-refractivity contribution >= 4 is 0 Å². The van der Waals surface area contributed by atoms with Crippen molar-refractivity contribution in [3.05, 3.63) is 29.8 Å². The second kappa shape index (κ2) is 7.66. The van der Waals surface area contributed by atoms with Gasteiger partial charge in [-0.15, -0.1) is 0 Å². The van der Waals surface area contributed by atoms with Gasteiger partial charge in [-0.25, -0.2) is 0 Å². The number of benzene rings is 1. The van der Waals surface area contributed by atoms with Gasteiger partial charge in [-0.1, -0.05) is 45.7 Å². The first kappa shape index (κ1) is 12.0. The van der Waals surface area contributed by atoms with Crippen LogP contribution in [0.1, 0.15) is 39.2 Å². The molecule has 0 fully saturated rings. The number of hydrogen-bond donors (Lipinski definition) is 1. The zero-order valence-corrected chi connectivity index (χ0v) is 8.88. The van der Waals surface area contributed by atoms with Gasteiger partial charge in [0.15, 0.2) is 0 Å². The Balaban J connectivity index is 0.000000424. The summed E-state index contributed by atoms with van der Waals surface area (Å²) in [5.41, 5.74) is 1.29. The lowest BCUT2D eigenvalue weighted by molar-refractivity contribution is 0.475. The second-order valence-electron chi connectivity index (χ2n) is 3.12. The number of aromatic hydroxyl groups is 1. The van der Waals surface area contributed by atoms with Gasteiger partial charge >= 0.3 is 0 Å². The molecular formula is C12H20O. The highest BCUT2D eigenvalue weighted by molar-refractivity contribution is 5.25. The Morgan fingerprint density at radius 1 is 1.00 bits per heavy atom. The van der Waals surface area contributed by atoms with E-state index < -0.39 is 0 Å². The van der Waals surface area contributed by atoms with Crippen LogP contribution in [0.25, 0.3) is 0 Å². The molecule has 0 saturated heterocycles. The van der Waals surface area contributed by atoms with Gasteiger partial charge in [0.25, 0.3) is 0 Å². The van der Waals surface area contributed by atoms with E-state index in [1.165, 1.54) is 12.0 Å². The molecule has 1 N–H and O–H groups in total. The molecule has 0 bridgehead atoms. The van der Waals surface area contributed by atoms with Crippen molar-refractivity contribution in [3.63, 3.8) is 0 Å². The molecule has 74 valence electrons. The predicted molar refractivity (Wildman–Crippen MR) is 58.1 cm³/mol. The van der Waals surface area contributed by atoms with Crippen LogP contribution in [0, 0.1) is 0 Å². The van der Waals surface area contributed by atoms with Crippen LogP contribution in [0.4, 0.5) is 0 Å². The third kappa shape index (κ3) is 6.21. The lowest BCUT2D eigenvalue weighted by atomic mass is 10.1. The first-order valence-electron chi connectivity index (χ1n) is 5.02. The number of aryl methyl sites for hydroxylation is 1. The van der Waals surface area contributed by atoms with E-state index in [0.29, 0.717) is 5.75 Å². The summed E-state index contributed by atoms with van der Waals surface area (Å²) in [5, 5.41) is 8.92. The Labute approximate surface area is 81.4 Å². The summed E-state index contributed by atoms with van der Waals surface area (Å²) in [5.74, 6) is 0.347. The van der Waals surface area contributed by atoms with Gasteiger partial charge in [0.1, 0.15) is 5.75 Å². The van der Waals surface area contributed by atoms with Crippen LogP contribution in [-0.2, 0) is 6.42 Å². The van der Waals surface area contributed by atoms with E-state index in [1.54, 1.807) is 12.1 Å². The number of phenols is 1. The largest absolute Gasteiger partial charge is 0.508 e. The van der Waals surface area contributed by atoms with Crippen LogP contribution in [0.3, 0.4) is 0 Å². The lowest BCUT2D eigenvalue weighted by Gasteiger charge is -1.96. The minimum absolute atomic E-state index is 0.347. The fraction of sp³-hybridized carbons (Fsp3) is 0.500. The number of rotatable bonds is 2. The Kier molecular flexibility index (Phi) is 7.08. The second-order valence-corrected chi connectivity index (χ2v) is 3.12. The maximum absolute atomic E-state index is 8.92. The molecule has 0 amide bonds. The molecule has 0 heterocycles. The van der Waals surface area contributed by atoms with E-state index in [1.807, 2.05) is 12.1 Å². The summed E-state index contributed by atoms with van der Waals surface area (Å²) in [6.07, 6.45) is 3.51. The highest BCUT2D eigenvalue weighted by Gasteiger charge is 1.89. The van der Waals surface area contributed by atoms with Gasteiger partial charge in [0.05, 0.1) is 0 Å². The summed E-state index contributed by atoms with van der Waals surface area (Å²) < 4.78 is 0. The quantitative estimate of drug-likeness (QED) is 0.734.